The maximum atomic E-state index is 6.80. The van der Waals surface area contributed by atoms with Gasteiger partial charge in [-0.15, -0.1) is 0 Å². The smallest absolute Gasteiger partial charge is 0.138 e. The largest absolute Gasteiger partial charge is 0.456 e. The Morgan fingerprint density at radius 3 is 1.69 bits per heavy atom. The highest BCUT2D eigenvalue weighted by Gasteiger charge is 2.25. The predicted octanol–water partition coefficient (Wildman–Crippen LogP) is 12.5. The van der Waals surface area contributed by atoms with Gasteiger partial charge in [-0.25, -0.2) is 0 Å². The molecule has 0 N–H and O–H groups in total. The molecule has 8 aromatic carbocycles. The number of hydrogen-bond donors (Lipinski definition) is 0. The fourth-order valence-corrected chi connectivity index (χ4v) is 8.20. The van der Waals surface area contributed by atoms with Crippen molar-refractivity contribution in [3.63, 3.8) is 0 Å². The van der Waals surface area contributed by atoms with Crippen molar-refractivity contribution in [2.45, 2.75) is 0 Å². The normalized spacial score (nSPS) is 12.2. The number of hydrogen-bond acceptors (Lipinski definition) is 1. The van der Waals surface area contributed by atoms with Crippen molar-refractivity contribution in [1.29, 1.82) is 0 Å². The second-order valence-electron chi connectivity index (χ2n) is 12.9. The van der Waals surface area contributed by atoms with E-state index in [4.69, 9.17) is 4.74 Å². The van der Waals surface area contributed by atoms with Crippen molar-refractivity contribution in [2.24, 2.45) is 0 Å². The van der Waals surface area contributed by atoms with Gasteiger partial charge in [0.2, 0.25) is 0 Å². The molecule has 0 unspecified atom stereocenters. The van der Waals surface area contributed by atoms with Crippen molar-refractivity contribution >= 4 is 54.4 Å². The fourth-order valence-electron chi connectivity index (χ4n) is 8.20. The topological polar surface area (TPSA) is 19.1 Å². The van der Waals surface area contributed by atoms with Crippen molar-refractivity contribution in [3.8, 4) is 45.1 Å². The van der Waals surface area contributed by atoms with Gasteiger partial charge >= 0.3 is 0 Å². The van der Waals surface area contributed by atoms with E-state index in [1.165, 1.54) is 65.9 Å². The Balaban J connectivity index is 1.12. The molecule has 1 aliphatic heterocycles. The summed E-state index contributed by atoms with van der Waals surface area (Å²) in [5, 5.41) is 7.37. The predicted molar refractivity (Wildman–Crippen MR) is 204 cm³/mol. The molecule has 3 heterocycles. The van der Waals surface area contributed by atoms with Crippen LogP contribution in [0.5, 0.6) is 11.5 Å². The molecule has 0 atom stereocenters. The van der Waals surface area contributed by atoms with E-state index in [9.17, 15) is 0 Å². The minimum absolute atomic E-state index is 0.882. The third-order valence-electron chi connectivity index (χ3n) is 10.3. The number of fused-ring (bicyclic) bond motifs is 9. The molecule has 2 aromatic heterocycles. The van der Waals surface area contributed by atoms with Gasteiger partial charge in [-0.1, -0.05) is 103 Å². The van der Waals surface area contributed by atoms with Gasteiger partial charge in [0, 0.05) is 49.9 Å². The number of rotatable bonds is 3. The SMILES string of the molecule is c1ccc(-n2c3ccccc3c3cc(-c4ccc5c(c4)-c4cccc6c4c(cc4c6c6ccccc6n4-c4ccccc4)O5)ccc32)cc1. The van der Waals surface area contributed by atoms with E-state index in [0.29, 0.717) is 0 Å². The van der Waals surface area contributed by atoms with E-state index in [1.807, 2.05) is 0 Å². The van der Waals surface area contributed by atoms with Gasteiger partial charge in [0.25, 0.3) is 0 Å². The highest BCUT2D eigenvalue weighted by Crippen LogP contribution is 2.51. The molecule has 0 radical (unpaired) electrons. The Kier molecular flexibility index (Phi) is 5.38. The molecule has 0 aliphatic carbocycles. The summed E-state index contributed by atoms with van der Waals surface area (Å²) in [6.07, 6.45) is 0. The zero-order valence-electron chi connectivity index (χ0n) is 26.5. The third-order valence-corrected chi connectivity index (χ3v) is 10.3. The molecule has 11 rings (SSSR count). The minimum atomic E-state index is 0.882. The van der Waals surface area contributed by atoms with E-state index < -0.39 is 0 Å². The first-order valence-electron chi connectivity index (χ1n) is 16.8. The molecule has 228 valence electrons. The van der Waals surface area contributed by atoms with E-state index in [0.717, 1.165) is 33.7 Å². The lowest BCUT2D eigenvalue weighted by Gasteiger charge is -2.23. The summed E-state index contributed by atoms with van der Waals surface area (Å²) < 4.78 is 11.5. The highest BCUT2D eigenvalue weighted by atomic mass is 16.5. The van der Waals surface area contributed by atoms with Gasteiger partial charge in [0.05, 0.1) is 22.1 Å². The van der Waals surface area contributed by atoms with Gasteiger partial charge < -0.3 is 13.9 Å². The van der Waals surface area contributed by atoms with Crippen molar-refractivity contribution in [1.82, 2.24) is 9.13 Å². The van der Waals surface area contributed by atoms with Crippen molar-refractivity contribution in [2.75, 3.05) is 0 Å². The van der Waals surface area contributed by atoms with Crippen LogP contribution in [0.2, 0.25) is 0 Å². The standard InChI is InChI=1S/C46H28N2O/c1-3-12-31(13-4-1)47-39-20-9-7-16-33(39)37-26-29(22-24-41(37)47)30-23-25-43-38(27-30)34-18-11-19-36-45-35-17-8-10-21-40(35)48(32-14-5-2-6-15-32)42(45)28-44(49-43)46(34)36/h1-28H. The highest BCUT2D eigenvalue weighted by molar-refractivity contribution is 6.25. The molecule has 0 amide bonds. The first kappa shape index (κ1) is 26.5. The molecule has 49 heavy (non-hydrogen) atoms. The molecular formula is C46H28N2O. The molecule has 10 aromatic rings. The second-order valence-corrected chi connectivity index (χ2v) is 12.9. The summed E-state index contributed by atoms with van der Waals surface area (Å²) in [4.78, 5) is 0. The van der Waals surface area contributed by atoms with Crippen LogP contribution in [0.4, 0.5) is 0 Å². The van der Waals surface area contributed by atoms with Crippen molar-refractivity contribution in [3.05, 3.63) is 170 Å². The lowest BCUT2D eigenvalue weighted by atomic mass is 9.90. The molecule has 0 bridgehead atoms. The summed E-state index contributed by atoms with van der Waals surface area (Å²) in [6, 6.07) is 61.1. The number of para-hydroxylation sites is 4. The number of ether oxygens (including phenoxy) is 1. The molecule has 0 fully saturated rings. The number of aromatic nitrogens is 2. The second kappa shape index (κ2) is 9.96. The first-order valence-corrected chi connectivity index (χ1v) is 16.8. The summed E-state index contributed by atoms with van der Waals surface area (Å²) in [5.74, 6) is 1.78. The average molecular weight is 625 g/mol. The van der Waals surface area contributed by atoms with Crippen LogP contribution in [0.1, 0.15) is 0 Å². The van der Waals surface area contributed by atoms with Gasteiger partial charge in [-0.3, -0.25) is 0 Å². The van der Waals surface area contributed by atoms with Crippen LogP contribution in [-0.4, -0.2) is 9.13 Å². The van der Waals surface area contributed by atoms with Gasteiger partial charge in [-0.05, 0) is 82.7 Å². The summed E-state index contributed by atoms with van der Waals surface area (Å²) in [5.41, 5.74) is 11.7. The van der Waals surface area contributed by atoms with E-state index in [-0.39, 0.29) is 0 Å². The molecule has 0 saturated heterocycles. The van der Waals surface area contributed by atoms with Crippen LogP contribution in [0.3, 0.4) is 0 Å². The fraction of sp³-hybridized carbons (Fsp3) is 0. The molecule has 3 nitrogen and oxygen atoms in total. The van der Waals surface area contributed by atoms with Crippen LogP contribution in [0.15, 0.2) is 170 Å². The molecule has 0 spiro atoms. The Morgan fingerprint density at radius 1 is 0.327 bits per heavy atom. The molecular weight excluding hydrogens is 597 g/mol. The van der Waals surface area contributed by atoms with Gasteiger partial charge in [-0.2, -0.15) is 0 Å². The Hall–Kier alpha value is -6.58. The lowest BCUT2D eigenvalue weighted by Crippen LogP contribution is -1.99. The zero-order chi connectivity index (χ0) is 32.1. The van der Waals surface area contributed by atoms with Gasteiger partial charge in [0.15, 0.2) is 0 Å². The minimum Gasteiger partial charge on any atom is -0.456 e. The maximum Gasteiger partial charge on any atom is 0.138 e. The van der Waals surface area contributed by atoms with Gasteiger partial charge in [0.1, 0.15) is 11.5 Å². The molecule has 0 saturated carbocycles. The maximum absolute atomic E-state index is 6.80. The van der Waals surface area contributed by atoms with E-state index in [2.05, 4.69) is 179 Å². The number of benzene rings is 8. The summed E-state index contributed by atoms with van der Waals surface area (Å²) >= 11 is 0. The van der Waals surface area contributed by atoms with Crippen molar-refractivity contribution < 1.29 is 4.74 Å². The Bertz CT molecular complexity index is 2950. The first-order chi connectivity index (χ1) is 24.3. The van der Waals surface area contributed by atoms with Crippen LogP contribution in [0, 0.1) is 0 Å². The monoisotopic (exact) mass is 624 g/mol. The quantitative estimate of drug-likeness (QED) is 0.191. The van der Waals surface area contributed by atoms with Crippen LogP contribution < -0.4 is 4.74 Å². The average Bonchev–Trinajstić information content (AvgIpc) is 3.68. The Morgan fingerprint density at radius 2 is 0.918 bits per heavy atom. The number of nitrogens with zero attached hydrogens (tertiary/aromatic N) is 2. The molecule has 1 aliphatic rings. The summed E-state index contributed by atoms with van der Waals surface area (Å²) in [7, 11) is 0. The lowest BCUT2D eigenvalue weighted by molar-refractivity contribution is 0.487. The van der Waals surface area contributed by atoms with Crippen LogP contribution in [-0.2, 0) is 0 Å². The van der Waals surface area contributed by atoms with Crippen LogP contribution >= 0.6 is 0 Å². The van der Waals surface area contributed by atoms with E-state index in [1.54, 1.807) is 0 Å². The van der Waals surface area contributed by atoms with Crippen LogP contribution in [0.25, 0.3) is 88.0 Å². The third kappa shape index (κ3) is 3.73. The Labute approximate surface area is 282 Å². The zero-order valence-corrected chi connectivity index (χ0v) is 26.5. The van der Waals surface area contributed by atoms with E-state index >= 15 is 0 Å². The summed E-state index contributed by atoms with van der Waals surface area (Å²) in [6.45, 7) is 0. The molecule has 3 heteroatoms.